The zero-order chi connectivity index (χ0) is 23.0. The van der Waals surface area contributed by atoms with Gasteiger partial charge in [0.05, 0.1) is 22.8 Å². The van der Waals surface area contributed by atoms with E-state index in [1.54, 1.807) is 13.8 Å². The van der Waals surface area contributed by atoms with Crippen LogP contribution in [0.4, 0.5) is 14.6 Å². The maximum atomic E-state index is 14.7. The van der Waals surface area contributed by atoms with Crippen molar-refractivity contribution in [2.24, 2.45) is 0 Å². The van der Waals surface area contributed by atoms with Gasteiger partial charge < -0.3 is 10.5 Å². The largest absolute Gasteiger partial charge is 0.477 e. The first-order valence-corrected chi connectivity index (χ1v) is 9.55. The summed E-state index contributed by atoms with van der Waals surface area (Å²) in [6.07, 6.45) is 5.29. The standard InChI is InChI=1S/C21H14ClF2N7O/c1-21(2,20-28-6-10(5-25)7-29-20)32-13-8-27-17(18-14(13)19(26)31-9-30-18)11-3-4-12(23)15(22)16(11)24/h3-4,6-9H,1-2H3,(H2,26,30,31). The molecule has 160 valence electrons. The molecule has 0 radical (unpaired) electrons. The van der Waals surface area contributed by atoms with Crippen molar-refractivity contribution in [2.75, 3.05) is 5.73 Å². The molecule has 3 aromatic heterocycles. The maximum absolute atomic E-state index is 14.7. The molecule has 0 atom stereocenters. The van der Waals surface area contributed by atoms with E-state index in [9.17, 15) is 8.78 Å². The third-order valence-electron chi connectivity index (χ3n) is 4.63. The van der Waals surface area contributed by atoms with Gasteiger partial charge in [0.25, 0.3) is 0 Å². The van der Waals surface area contributed by atoms with Crippen molar-refractivity contribution in [3.8, 4) is 23.1 Å². The minimum absolute atomic E-state index is 0.0549. The van der Waals surface area contributed by atoms with Gasteiger partial charge in [-0.25, -0.2) is 33.7 Å². The highest BCUT2D eigenvalue weighted by atomic mass is 35.5. The van der Waals surface area contributed by atoms with Crippen molar-refractivity contribution >= 4 is 28.3 Å². The number of nitriles is 1. The summed E-state index contributed by atoms with van der Waals surface area (Å²) >= 11 is 5.73. The van der Waals surface area contributed by atoms with Gasteiger partial charge in [-0.2, -0.15) is 5.26 Å². The van der Waals surface area contributed by atoms with Crippen molar-refractivity contribution in [1.82, 2.24) is 24.9 Å². The molecule has 11 heteroatoms. The molecule has 2 N–H and O–H groups in total. The SMILES string of the molecule is CC(C)(Oc1cnc(-c2ccc(F)c(Cl)c2F)c2ncnc(N)c12)c1ncc(C#N)cn1. The van der Waals surface area contributed by atoms with Gasteiger partial charge in [-0.05, 0) is 26.0 Å². The second-order valence-corrected chi connectivity index (χ2v) is 7.57. The Hall–Kier alpha value is -3.97. The first-order chi connectivity index (χ1) is 15.2. The molecule has 0 fully saturated rings. The first kappa shape index (κ1) is 21.3. The second kappa shape index (κ2) is 7.94. The molecule has 8 nitrogen and oxygen atoms in total. The van der Waals surface area contributed by atoms with Gasteiger partial charge in [0.2, 0.25) is 0 Å². The summed E-state index contributed by atoms with van der Waals surface area (Å²) in [6, 6.07) is 4.20. The Balaban J connectivity index is 1.85. The number of fused-ring (bicyclic) bond motifs is 1. The van der Waals surface area contributed by atoms with E-state index in [1.165, 1.54) is 31.0 Å². The van der Waals surface area contributed by atoms with Gasteiger partial charge in [-0.3, -0.25) is 0 Å². The summed E-state index contributed by atoms with van der Waals surface area (Å²) in [6.45, 7) is 3.43. The molecule has 0 aliphatic carbocycles. The monoisotopic (exact) mass is 453 g/mol. The van der Waals surface area contributed by atoms with E-state index in [2.05, 4.69) is 24.9 Å². The fourth-order valence-corrected chi connectivity index (χ4v) is 3.24. The molecule has 0 saturated heterocycles. The van der Waals surface area contributed by atoms with Crippen LogP contribution in [-0.2, 0) is 5.60 Å². The quantitative estimate of drug-likeness (QED) is 0.456. The number of pyridine rings is 1. The zero-order valence-corrected chi connectivity index (χ0v) is 17.5. The molecule has 0 aliphatic heterocycles. The summed E-state index contributed by atoms with van der Waals surface area (Å²) in [7, 11) is 0. The Morgan fingerprint density at radius 3 is 2.47 bits per heavy atom. The van der Waals surface area contributed by atoms with Crippen molar-refractivity contribution in [3.63, 3.8) is 0 Å². The van der Waals surface area contributed by atoms with Crippen LogP contribution in [0.25, 0.3) is 22.2 Å². The average molecular weight is 454 g/mol. The summed E-state index contributed by atoms with van der Waals surface area (Å²) in [5.41, 5.74) is 5.56. The molecule has 0 bridgehead atoms. The number of halogens is 3. The number of aromatic nitrogens is 5. The van der Waals surface area contributed by atoms with Crippen LogP contribution in [0.15, 0.2) is 37.1 Å². The molecule has 3 heterocycles. The Bertz CT molecular complexity index is 1390. The van der Waals surface area contributed by atoms with E-state index in [-0.39, 0.29) is 33.7 Å². The van der Waals surface area contributed by atoms with Crippen LogP contribution in [-0.4, -0.2) is 24.9 Å². The number of rotatable bonds is 4. The topological polar surface area (TPSA) is 123 Å². The van der Waals surface area contributed by atoms with E-state index in [0.29, 0.717) is 11.4 Å². The van der Waals surface area contributed by atoms with Crippen LogP contribution >= 0.6 is 11.6 Å². The maximum Gasteiger partial charge on any atom is 0.171 e. The van der Waals surface area contributed by atoms with Crippen LogP contribution in [0.5, 0.6) is 5.75 Å². The van der Waals surface area contributed by atoms with Gasteiger partial charge in [-0.15, -0.1) is 0 Å². The normalized spacial score (nSPS) is 11.4. The molecular formula is C21H14ClF2N7O. The summed E-state index contributed by atoms with van der Waals surface area (Å²) in [4.78, 5) is 20.8. The van der Waals surface area contributed by atoms with Crippen LogP contribution in [0.3, 0.4) is 0 Å². The van der Waals surface area contributed by atoms with Crippen molar-refractivity contribution in [2.45, 2.75) is 19.4 Å². The Morgan fingerprint density at radius 2 is 1.78 bits per heavy atom. The van der Waals surface area contributed by atoms with E-state index >= 15 is 0 Å². The van der Waals surface area contributed by atoms with Gasteiger partial charge >= 0.3 is 0 Å². The number of hydrogen-bond acceptors (Lipinski definition) is 8. The lowest BCUT2D eigenvalue weighted by atomic mass is 10.1. The van der Waals surface area contributed by atoms with Crippen LogP contribution in [0, 0.1) is 23.0 Å². The van der Waals surface area contributed by atoms with Crippen molar-refractivity contribution < 1.29 is 13.5 Å². The number of nitrogens with zero attached hydrogens (tertiary/aromatic N) is 6. The predicted molar refractivity (Wildman–Crippen MR) is 113 cm³/mol. The third kappa shape index (κ3) is 3.63. The smallest absolute Gasteiger partial charge is 0.171 e. The molecule has 0 amide bonds. The lowest BCUT2D eigenvalue weighted by molar-refractivity contribution is 0.1000. The van der Waals surface area contributed by atoms with Crippen LogP contribution in [0.1, 0.15) is 25.2 Å². The first-order valence-electron chi connectivity index (χ1n) is 9.17. The fourth-order valence-electron chi connectivity index (χ4n) is 3.07. The van der Waals surface area contributed by atoms with E-state index in [0.717, 1.165) is 6.07 Å². The Morgan fingerprint density at radius 1 is 1.06 bits per heavy atom. The van der Waals surface area contributed by atoms with Gasteiger partial charge in [0.15, 0.2) is 23.0 Å². The van der Waals surface area contributed by atoms with Gasteiger partial charge in [-0.1, -0.05) is 11.6 Å². The molecule has 32 heavy (non-hydrogen) atoms. The molecular weight excluding hydrogens is 440 g/mol. The van der Waals surface area contributed by atoms with E-state index < -0.39 is 22.3 Å². The minimum atomic E-state index is -1.06. The Labute approximate surface area is 185 Å². The second-order valence-electron chi connectivity index (χ2n) is 7.20. The van der Waals surface area contributed by atoms with Crippen LogP contribution in [0.2, 0.25) is 5.02 Å². The molecule has 4 rings (SSSR count). The summed E-state index contributed by atoms with van der Waals surface area (Å²) in [5.74, 6) is -1.29. The number of nitrogens with two attached hydrogens (primary N) is 1. The fraction of sp³-hybridized carbons (Fsp3) is 0.143. The van der Waals surface area contributed by atoms with Crippen molar-refractivity contribution in [1.29, 1.82) is 5.26 Å². The number of hydrogen-bond donors (Lipinski definition) is 1. The van der Waals surface area contributed by atoms with Gasteiger partial charge in [0, 0.05) is 18.0 Å². The number of nitrogen functional groups attached to an aromatic ring is 1. The average Bonchev–Trinajstić information content (AvgIpc) is 2.78. The van der Waals surface area contributed by atoms with E-state index in [4.69, 9.17) is 27.3 Å². The zero-order valence-electron chi connectivity index (χ0n) is 16.8. The lowest BCUT2D eigenvalue weighted by Crippen LogP contribution is -2.28. The number of ether oxygens (including phenoxy) is 1. The number of anilines is 1. The molecule has 0 spiro atoms. The molecule has 1 aromatic carbocycles. The predicted octanol–water partition coefficient (Wildman–Crippen LogP) is 4.18. The van der Waals surface area contributed by atoms with Gasteiger partial charge in [0.1, 0.15) is 34.6 Å². The van der Waals surface area contributed by atoms with E-state index in [1.807, 2.05) is 6.07 Å². The molecule has 4 aromatic rings. The summed E-state index contributed by atoms with van der Waals surface area (Å²) in [5, 5.41) is 8.56. The lowest BCUT2D eigenvalue weighted by Gasteiger charge is -2.25. The molecule has 0 saturated carbocycles. The highest BCUT2D eigenvalue weighted by molar-refractivity contribution is 6.31. The van der Waals surface area contributed by atoms with Crippen molar-refractivity contribution in [3.05, 3.63) is 65.1 Å². The summed E-state index contributed by atoms with van der Waals surface area (Å²) < 4.78 is 34.4. The molecule has 0 unspecified atom stereocenters. The van der Waals surface area contributed by atoms with Crippen LogP contribution < -0.4 is 10.5 Å². The molecule has 0 aliphatic rings. The third-order valence-corrected chi connectivity index (χ3v) is 4.98. The highest BCUT2D eigenvalue weighted by Gasteiger charge is 2.29. The number of benzene rings is 1. The minimum Gasteiger partial charge on any atom is -0.477 e. The highest BCUT2D eigenvalue weighted by Crippen LogP contribution is 2.38. The Kier molecular flexibility index (Phi) is 5.28.